The van der Waals surface area contributed by atoms with Gasteiger partial charge in [-0.2, -0.15) is 0 Å². The summed E-state index contributed by atoms with van der Waals surface area (Å²) in [6.45, 7) is 6.41. The topological polar surface area (TPSA) is 38.0 Å². The smallest absolute Gasteiger partial charge is 0.0310 e. The summed E-state index contributed by atoms with van der Waals surface area (Å²) < 4.78 is 0. The number of hydrogen-bond donors (Lipinski definition) is 2. The van der Waals surface area contributed by atoms with Crippen molar-refractivity contribution < 1.29 is 0 Å². The molecule has 0 spiro atoms. The van der Waals surface area contributed by atoms with Crippen LogP contribution in [0.15, 0.2) is 17.5 Å². The Bertz CT molecular complexity index is 361. The molecule has 1 saturated carbocycles. The summed E-state index contributed by atoms with van der Waals surface area (Å²) in [5.41, 5.74) is 6.29. The maximum atomic E-state index is 6.11. The zero-order chi connectivity index (χ0) is 13.7. The van der Waals surface area contributed by atoms with E-state index < -0.39 is 0 Å². The minimum Gasteiger partial charge on any atom is -0.329 e. The van der Waals surface area contributed by atoms with E-state index in [2.05, 4.69) is 36.7 Å². The van der Waals surface area contributed by atoms with Crippen LogP contribution in [0.1, 0.15) is 50.8 Å². The van der Waals surface area contributed by atoms with Gasteiger partial charge >= 0.3 is 0 Å². The molecule has 1 aromatic heterocycles. The molecule has 1 fully saturated rings. The van der Waals surface area contributed by atoms with Crippen LogP contribution in [0, 0.1) is 11.8 Å². The average molecular weight is 280 g/mol. The maximum Gasteiger partial charge on any atom is 0.0310 e. The van der Waals surface area contributed by atoms with Crippen molar-refractivity contribution in [2.75, 3.05) is 6.54 Å². The van der Waals surface area contributed by atoms with Crippen LogP contribution in [0.3, 0.4) is 0 Å². The predicted octanol–water partition coefficient (Wildman–Crippen LogP) is 3.77. The van der Waals surface area contributed by atoms with E-state index in [1.165, 1.54) is 37.0 Å². The molecule has 108 valence electrons. The highest BCUT2D eigenvalue weighted by Gasteiger charge is 2.34. The number of nitrogens with one attached hydrogen (secondary N) is 1. The maximum absolute atomic E-state index is 6.11. The first-order chi connectivity index (χ1) is 9.13. The van der Waals surface area contributed by atoms with Gasteiger partial charge in [-0.3, -0.25) is 0 Å². The van der Waals surface area contributed by atoms with Gasteiger partial charge in [-0.25, -0.2) is 0 Å². The third-order valence-electron chi connectivity index (χ3n) is 4.36. The summed E-state index contributed by atoms with van der Waals surface area (Å²) in [5, 5.41) is 5.92. The minimum absolute atomic E-state index is 0.182. The number of nitrogens with two attached hydrogens (primary N) is 1. The van der Waals surface area contributed by atoms with E-state index in [0.717, 1.165) is 24.9 Å². The number of thiophene rings is 1. The lowest BCUT2D eigenvalue weighted by Gasteiger charge is -2.41. The molecule has 2 nitrogen and oxygen atoms in total. The summed E-state index contributed by atoms with van der Waals surface area (Å²) in [4.78, 5) is 1.42. The van der Waals surface area contributed by atoms with Crippen molar-refractivity contribution in [1.29, 1.82) is 0 Å². The highest BCUT2D eigenvalue weighted by atomic mass is 32.1. The van der Waals surface area contributed by atoms with Gasteiger partial charge in [-0.05, 0) is 42.5 Å². The summed E-state index contributed by atoms with van der Waals surface area (Å²) in [5.74, 6) is 1.66. The van der Waals surface area contributed by atoms with Gasteiger partial charge < -0.3 is 11.1 Å². The number of rotatable bonds is 6. The Balaban J connectivity index is 1.92. The van der Waals surface area contributed by atoms with Crippen LogP contribution in [0.5, 0.6) is 0 Å². The van der Waals surface area contributed by atoms with Crippen molar-refractivity contribution in [3.8, 4) is 0 Å². The van der Waals surface area contributed by atoms with Gasteiger partial charge in [-0.1, -0.05) is 32.8 Å². The van der Waals surface area contributed by atoms with E-state index in [9.17, 15) is 0 Å². The quantitative estimate of drug-likeness (QED) is 0.832. The van der Waals surface area contributed by atoms with Crippen molar-refractivity contribution >= 4 is 11.3 Å². The predicted molar refractivity (Wildman–Crippen MR) is 84.4 cm³/mol. The molecule has 0 amide bonds. The second kappa shape index (κ2) is 6.87. The van der Waals surface area contributed by atoms with Crippen LogP contribution in [-0.4, -0.2) is 12.1 Å². The first kappa shape index (κ1) is 15.0. The van der Waals surface area contributed by atoms with Crippen molar-refractivity contribution in [2.24, 2.45) is 17.6 Å². The van der Waals surface area contributed by atoms with Gasteiger partial charge in [0, 0.05) is 23.5 Å². The molecule has 2 unspecified atom stereocenters. The molecule has 0 radical (unpaired) electrons. The molecule has 2 atom stereocenters. The SMILES string of the molecule is CC(C)CC1CCCC(CN)(NCc2cccs2)C1. The summed E-state index contributed by atoms with van der Waals surface area (Å²) >= 11 is 1.83. The molecule has 2 rings (SSSR count). The fourth-order valence-electron chi connectivity index (χ4n) is 3.46. The first-order valence-corrected chi connectivity index (χ1v) is 8.49. The number of hydrogen-bond acceptors (Lipinski definition) is 3. The summed E-state index contributed by atoms with van der Waals surface area (Å²) in [6, 6.07) is 4.33. The Labute approximate surface area is 121 Å². The molecule has 0 bridgehead atoms. The van der Waals surface area contributed by atoms with E-state index >= 15 is 0 Å². The average Bonchev–Trinajstić information content (AvgIpc) is 2.89. The molecule has 0 aromatic carbocycles. The third kappa shape index (κ3) is 4.30. The lowest BCUT2D eigenvalue weighted by Crippen LogP contribution is -2.53. The van der Waals surface area contributed by atoms with E-state index in [0.29, 0.717) is 0 Å². The van der Waals surface area contributed by atoms with E-state index in [1.54, 1.807) is 0 Å². The molecule has 1 aliphatic rings. The highest BCUT2D eigenvalue weighted by molar-refractivity contribution is 7.09. The van der Waals surface area contributed by atoms with Gasteiger partial charge in [0.1, 0.15) is 0 Å². The Morgan fingerprint density at radius 1 is 1.53 bits per heavy atom. The van der Waals surface area contributed by atoms with Crippen LogP contribution in [0.2, 0.25) is 0 Å². The minimum atomic E-state index is 0.182. The lowest BCUT2D eigenvalue weighted by molar-refractivity contribution is 0.166. The Morgan fingerprint density at radius 2 is 2.37 bits per heavy atom. The lowest BCUT2D eigenvalue weighted by atomic mass is 9.73. The second-order valence-corrected chi connectivity index (χ2v) is 7.54. The highest BCUT2D eigenvalue weighted by Crippen LogP contribution is 2.35. The molecule has 19 heavy (non-hydrogen) atoms. The largest absolute Gasteiger partial charge is 0.329 e. The summed E-state index contributed by atoms with van der Waals surface area (Å²) in [7, 11) is 0. The molecule has 0 aliphatic heterocycles. The van der Waals surface area contributed by atoms with Crippen LogP contribution in [0.4, 0.5) is 0 Å². The van der Waals surface area contributed by atoms with Gasteiger partial charge in [0.15, 0.2) is 0 Å². The zero-order valence-corrected chi connectivity index (χ0v) is 13.1. The molecule has 3 heteroatoms. The Hall–Kier alpha value is -0.380. The Kier molecular flexibility index (Phi) is 5.43. The van der Waals surface area contributed by atoms with Crippen LogP contribution in [-0.2, 0) is 6.54 Å². The van der Waals surface area contributed by atoms with Crippen molar-refractivity contribution in [1.82, 2.24) is 5.32 Å². The molecule has 1 aliphatic carbocycles. The van der Waals surface area contributed by atoms with E-state index in [1.807, 2.05) is 11.3 Å². The van der Waals surface area contributed by atoms with E-state index in [-0.39, 0.29) is 5.54 Å². The molecule has 1 heterocycles. The van der Waals surface area contributed by atoms with Gasteiger partial charge in [0.2, 0.25) is 0 Å². The normalized spacial score (nSPS) is 27.9. The second-order valence-electron chi connectivity index (χ2n) is 6.51. The van der Waals surface area contributed by atoms with Crippen LogP contribution >= 0.6 is 11.3 Å². The van der Waals surface area contributed by atoms with Crippen molar-refractivity contribution in [3.63, 3.8) is 0 Å². The zero-order valence-electron chi connectivity index (χ0n) is 12.3. The monoisotopic (exact) mass is 280 g/mol. The molecule has 1 aromatic rings. The standard InChI is InChI=1S/C16H28N2S/c1-13(2)9-14-5-3-7-16(10-14,12-17)18-11-15-6-4-8-19-15/h4,6,8,13-14,18H,3,5,7,9-12,17H2,1-2H3. The fraction of sp³-hybridized carbons (Fsp3) is 0.750. The fourth-order valence-corrected chi connectivity index (χ4v) is 4.10. The van der Waals surface area contributed by atoms with Crippen molar-refractivity contribution in [3.05, 3.63) is 22.4 Å². The molecular formula is C16H28N2S. The van der Waals surface area contributed by atoms with Gasteiger partial charge in [0.05, 0.1) is 0 Å². The summed E-state index contributed by atoms with van der Waals surface area (Å²) in [6.07, 6.45) is 6.56. The molecule has 0 saturated heterocycles. The van der Waals surface area contributed by atoms with E-state index in [4.69, 9.17) is 5.73 Å². The molecular weight excluding hydrogens is 252 g/mol. The molecule has 3 N–H and O–H groups in total. The van der Waals surface area contributed by atoms with Crippen molar-refractivity contribution in [2.45, 2.75) is 58.0 Å². The Morgan fingerprint density at radius 3 is 3.00 bits per heavy atom. The van der Waals surface area contributed by atoms with Crippen LogP contribution in [0.25, 0.3) is 0 Å². The van der Waals surface area contributed by atoms with Crippen LogP contribution < -0.4 is 11.1 Å². The van der Waals surface area contributed by atoms with Gasteiger partial charge in [-0.15, -0.1) is 11.3 Å². The first-order valence-electron chi connectivity index (χ1n) is 7.61. The third-order valence-corrected chi connectivity index (χ3v) is 5.24. The van der Waals surface area contributed by atoms with Gasteiger partial charge in [0.25, 0.3) is 0 Å².